The molecule has 0 bridgehead atoms. The Kier molecular flexibility index (Phi) is 6.95. The van der Waals surface area contributed by atoms with Gasteiger partial charge in [0.1, 0.15) is 12.0 Å². The van der Waals surface area contributed by atoms with Crippen molar-refractivity contribution in [2.45, 2.75) is 19.0 Å². The zero-order chi connectivity index (χ0) is 20.5. The number of nitroso groups, excluding NO2 is 1. The number of carbonyl (C=O) groups is 1. The molecule has 3 rings (SSSR count). The minimum Gasteiger partial charge on any atom is -0.497 e. The van der Waals surface area contributed by atoms with Crippen molar-refractivity contribution in [1.29, 1.82) is 0 Å². The number of ether oxygens (including phenoxy) is 1. The number of aldehydes is 1. The molecule has 0 spiro atoms. The van der Waals surface area contributed by atoms with Gasteiger partial charge in [0.05, 0.1) is 24.5 Å². The Morgan fingerprint density at radius 2 is 1.69 bits per heavy atom. The highest BCUT2D eigenvalue weighted by Crippen LogP contribution is 2.36. The summed E-state index contributed by atoms with van der Waals surface area (Å²) in [7, 11) is 1.63. The second-order valence-corrected chi connectivity index (χ2v) is 6.50. The van der Waals surface area contributed by atoms with Gasteiger partial charge in [0.2, 0.25) is 0 Å². The van der Waals surface area contributed by atoms with Crippen molar-refractivity contribution in [3.05, 3.63) is 88.8 Å². The van der Waals surface area contributed by atoms with E-state index in [1.807, 2.05) is 66.7 Å². The summed E-state index contributed by atoms with van der Waals surface area (Å²) in [5.74, 6) is 0.789. The van der Waals surface area contributed by atoms with Crippen LogP contribution in [0.2, 0.25) is 0 Å². The number of hydrogen-bond donors (Lipinski definition) is 2. The van der Waals surface area contributed by atoms with Crippen molar-refractivity contribution < 1.29 is 9.53 Å². The highest BCUT2D eigenvalue weighted by Gasteiger charge is 2.15. The van der Waals surface area contributed by atoms with Gasteiger partial charge in [0, 0.05) is 13.0 Å². The van der Waals surface area contributed by atoms with Crippen molar-refractivity contribution in [2.24, 2.45) is 5.18 Å². The number of carbonyl (C=O) groups excluding carboxylic acids is 1. The van der Waals surface area contributed by atoms with Crippen molar-refractivity contribution in [1.82, 2.24) is 0 Å². The van der Waals surface area contributed by atoms with Crippen molar-refractivity contribution in [2.75, 3.05) is 17.7 Å². The fourth-order valence-electron chi connectivity index (χ4n) is 3.09. The molecule has 6 heteroatoms. The second kappa shape index (κ2) is 10.0. The first-order valence-electron chi connectivity index (χ1n) is 9.33. The molecule has 0 aliphatic heterocycles. The van der Waals surface area contributed by atoms with Gasteiger partial charge in [-0.15, -0.1) is 4.91 Å². The molecule has 0 fully saturated rings. The monoisotopic (exact) mass is 389 g/mol. The predicted octanol–water partition coefficient (Wildman–Crippen LogP) is 5.45. The van der Waals surface area contributed by atoms with Gasteiger partial charge in [-0.3, -0.25) is 0 Å². The molecule has 0 radical (unpaired) electrons. The fourth-order valence-corrected chi connectivity index (χ4v) is 3.09. The van der Waals surface area contributed by atoms with E-state index < -0.39 is 0 Å². The normalized spacial score (nSPS) is 11.3. The maximum absolute atomic E-state index is 11.6. The molecule has 1 unspecified atom stereocenters. The summed E-state index contributed by atoms with van der Waals surface area (Å²) in [6.45, 7) is 0.534. The highest BCUT2D eigenvalue weighted by molar-refractivity contribution is 5.80. The molecule has 3 aromatic carbocycles. The number of anilines is 2. The molecule has 0 heterocycles. The number of nitrogens with one attached hydrogen (secondary N) is 2. The topological polar surface area (TPSA) is 79.8 Å². The molecule has 1 atom stereocenters. The van der Waals surface area contributed by atoms with Crippen molar-refractivity contribution in [3.8, 4) is 5.75 Å². The van der Waals surface area contributed by atoms with Gasteiger partial charge in [-0.25, -0.2) is 0 Å². The summed E-state index contributed by atoms with van der Waals surface area (Å²) >= 11 is 0. The lowest BCUT2D eigenvalue weighted by Crippen LogP contribution is -2.12. The zero-order valence-electron chi connectivity index (χ0n) is 16.2. The minimum atomic E-state index is -0.244. The summed E-state index contributed by atoms with van der Waals surface area (Å²) in [5, 5.41) is 9.78. The largest absolute Gasteiger partial charge is 0.497 e. The fraction of sp³-hybridized carbons (Fsp3) is 0.174. The van der Waals surface area contributed by atoms with Gasteiger partial charge in [0.25, 0.3) is 0 Å². The molecular weight excluding hydrogens is 366 g/mol. The van der Waals surface area contributed by atoms with Crippen LogP contribution in [0.4, 0.5) is 17.1 Å². The van der Waals surface area contributed by atoms with Crippen LogP contribution in [0.25, 0.3) is 0 Å². The van der Waals surface area contributed by atoms with Crippen LogP contribution < -0.4 is 15.4 Å². The number of rotatable bonds is 10. The van der Waals surface area contributed by atoms with E-state index in [0.29, 0.717) is 17.9 Å². The van der Waals surface area contributed by atoms with Gasteiger partial charge in [-0.05, 0) is 40.6 Å². The van der Waals surface area contributed by atoms with E-state index >= 15 is 0 Å². The third kappa shape index (κ3) is 5.19. The molecule has 3 aromatic rings. The van der Waals surface area contributed by atoms with E-state index in [2.05, 4.69) is 15.8 Å². The van der Waals surface area contributed by atoms with Gasteiger partial charge < -0.3 is 20.2 Å². The molecular formula is C23H23N3O3. The van der Waals surface area contributed by atoms with Crippen LogP contribution in [0.1, 0.15) is 23.6 Å². The Bertz CT molecular complexity index is 943. The summed E-state index contributed by atoms with van der Waals surface area (Å²) in [6.07, 6.45) is 1.15. The molecule has 0 saturated heterocycles. The van der Waals surface area contributed by atoms with E-state index in [-0.39, 0.29) is 18.2 Å². The van der Waals surface area contributed by atoms with E-state index in [4.69, 9.17) is 4.74 Å². The average Bonchev–Trinajstić information content (AvgIpc) is 2.78. The maximum atomic E-state index is 11.6. The number of nitrogens with zero attached hydrogens (tertiary/aromatic N) is 1. The smallest absolute Gasteiger partial charge is 0.154 e. The minimum absolute atomic E-state index is 0.244. The van der Waals surface area contributed by atoms with Crippen molar-refractivity contribution >= 4 is 23.3 Å². The summed E-state index contributed by atoms with van der Waals surface area (Å²) < 4.78 is 5.17. The number of benzene rings is 3. The lowest BCUT2D eigenvalue weighted by atomic mass is 10.0. The average molecular weight is 389 g/mol. The van der Waals surface area contributed by atoms with Gasteiger partial charge in [-0.2, -0.15) is 0 Å². The van der Waals surface area contributed by atoms with Crippen molar-refractivity contribution in [3.63, 3.8) is 0 Å². The van der Waals surface area contributed by atoms with Crippen LogP contribution in [-0.2, 0) is 11.3 Å². The first-order valence-corrected chi connectivity index (χ1v) is 9.33. The van der Waals surface area contributed by atoms with Crippen LogP contribution >= 0.6 is 0 Å². The predicted molar refractivity (Wildman–Crippen MR) is 116 cm³/mol. The third-order valence-electron chi connectivity index (χ3n) is 4.63. The molecule has 2 N–H and O–H groups in total. The molecule has 0 amide bonds. The first kappa shape index (κ1) is 20.1. The first-order chi connectivity index (χ1) is 14.2. The molecule has 0 aliphatic rings. The van der Waals surface area contributed by atoms with Crippen LogP contribution in [0.5, 0.6) is 5.75 Å². The second-order valence-electron chi connectivity index (χ2n) is 6.50. The molecule has 6 nitrogen and oxygen atoms in total. The van der Waals surface area contributed by atoms with Crippen LogP contribution in [0.15, 0.2) is 78.0 Å². The molecule has 148 valence electrons. The third-order valence-corrected chi connectivity index (χ3v) is 4.63. The lowest BCUT2D eigenvalue weighted by Gasteiger charge is -2.20. The zero-order valence-corrected chi connectivity index (χ0v) is 16.2. The quantitative estimate of drug-likeness (QED) is 0.356. The molecule has 0 aromatic heterocycles. The van der Waals surface area contributed by atoms with Gasteiger partial charge in [0.15, 0.2) is 5.69 Å². The Morgan fingerprint density at radius 1 is 0.966 bits per heavy atom. The number of hydrogen-bond acceptors (Lipinski definition) is 6. The van der Waals surface area contributed by atoms with Crippen LogP contribution in [0, 0.1) is 4.91 Å². The van der Waals surface area contributed by atoms with E-state index in [9.17, 15) is 9.70 Å². The van der Waals surface area contributed by atoms with Crippen LogP contribution in [0.3, 0.4) is 0 Å². The molecule has 0 saturated carbocycles. The van der Waals surface area contributed by atoms with E-state index in [0.717, 1.165) is 23.2 Å². The summed E-state index contributed by atoms with van der Waals surface area (Å²) in [4.78, 5) is 22.8. The van der Waals surface area contributed by atoms with E-state index in [1.165, 1.54) is 0 Å². The maximum Gasteiger partial charge on any atom is 0.154 e. The summed E-state index contributed by atoms with van der Waals surface area (Å²) in [6, 6.07) is 22.5. The number of methoxy groups -OCH3 is 1. The van der Waals surface area contributed by atoms with Gasteiger partial charge >= 0.3 is 0 Å². The highest BCUT2D eigenvalue weighted by atomic mass is 16.5. The Hall–Kier alpha value is -3.67. The lowest BCUT2D eigenvalue weighted by molar-refractivity contribution is -0.108. The Morgan fingerprint density at radius 3 is 2.34 bits per heavy atom. The SMILES string of the molecule is COc1ccc(CNc2cccc(NC(CC=O)c3ccccc3)c2N=O)cc1. The van der Waals surface area contributed by atoms with Crippen LogP contribution in [-0.4, -0.2) is 13.4 Å². The molecule has 29 heavy (non-hydrogen) atoms. The Labute approximate surface area is 169 Å². The summed E-state index contributed by atoms with van der Waals surface area (Å²) in [5.41, 5.74) is 3.50. The Balaban J connectivity index is 1.79. The molecule has 0 aliphatic carbocycles. The standard InChI is InChI=1S/C23H23N3O3/c1-29-19-12-10-17(11-13-19)16-24-21-8-5-9-22(23(21)26-28)25-20(14-15-27)18-6-3-2-4-7-18/h2-13,15,20,24-25H,14,16H2,1H3. The van der Waals surface area contributed by atoms with Gasteiger partial charge in [-0.1, -0.05) is 48.5 Å². The van der Waals surface area contributed by atoms with E-state index in [1.54, 1.807) is 13.2 Å².